The van der Waals surface area contributed by atoms with Crippen LogP contribution in [0, 0.1) is 0 Å². The molecule has 6 nitrogen and oxygen atoms in total. The van der Waals surface area contributed by atoms with Gasteiger partial charge in [-0.25, -0.2) is 4.98 Å². The van der Waals surface area contributed by atoms with Crippen LogP contribution in [0.5, 0.6) is 11.5 Å². The molecule has 0 unspecified atom stereocenters. The number of aromatic nitrogens is 3. The van der Waals surface area contributed by atoms with Crippen molar-refractivity contribution in [1.29, 1.82) is 0 Å². The average Bonchev–Trinajstić information content (AvgIpc) is 3.28. The maximum atomic E-state index is 5.36. The smallest absolute Gasteiger partial charge is 0.181 e. The predicted molar refractivity (Wildman–Crippen MR) is 122 cm³/mol. The predicted octanol–water partition coefficient (Wildman–Crippen LogP) is 5.53. The number of ether oxygens (including phenoxy) is 2. The molecule has 0 fully saturated rings. The van der Waals surface area contributed by atoms with Crippen molar-refractivity contribution >= 4 is 21.6 Å². The first-order chi connectivity index (χ1) is 14.7. The summed E-state index contributed by atoms with van der Waals surface area (Å²) in [5, 5.41) is 10.9. The van der Waals surface area contributed by atoms with Gasteiger partial charge in [0.1, 0.15) is 11.5 Å². The van der Waals surface area contributed by atoms with Crippen molar-refractivity contribution in [3.63, 3.8) is 0 Å². The zero-order valence-electron chi connectivity index (χ0n) is 16.6. The van der Waals surface area contributed by atoms with Gasteiger partial charge < -0.3 is 14.8 Å². The molecular formula is C23H21BrN4O2. The van der Waals surface area contributed by atoms with Gasteiger partial charge >= 0.3 is 0 Å². The minimum Gasteiger partial charge on any atom is -0.497 e. The lowest BCUT2D eigenvalue weighted by Crippen LogP contribution is -2.02. The molecule has 0 saturated carbocycles. The van der Waals surface area contributed by atoms with Gasteiger partial charge in [-0.15, -0.1) is 0 Å². The zero-order valence-corrected chi connectivity index (χ0v) is 18.2. The van der Waals surface area contributed by atoms with E-state index in [1.807, 2.05) is 66.7 Å². The minimum absolute atomic E-state index is 0.608. The highest BCUT2D eigenvalue weighted by molar-refractivity contribution is 9.10. The molecule has 30 heavy (non-hydrogen) atoms. The molecule has 3 aromatic carbocycles. The van der Waals surface area contributed by atoms with Gasteiger partial charge in [0.2, 0.25) is 0 Å². The molecule has 1 aromatic heterocycles. The van der Waals surface area contributed by atoms with Crippen molar-refractivity contribution in [2.45, 2.75) is 6.54 Å². The zero-order chi connectivity index (χ0) is 20.9. The molecule has 7 heteroatoms. The van der Waals surface area contributed by atoms with Crippen LogP contribution in [0.2, 0.25) is 0 Å². The number of hydrogen-bond donors (Lipinski definition) is 2. The average molecular weight is 465 g/mol. The normalized spacial score (nSPS) is 10.6. The second-order valence-corrected chi connectivity index (χ2v) is 7.55. The molecule has 0 spiro atoms. The van der Waals surface area contributed by atoms with E-state index in [0.717, 1.165) is 38.3 Å². The lowest BCUT2D eigenvalue weighted by atomic mass is 10.1. The number of halogens is 1. The number of anilines is 1. The van der Waals surface area contributed by atoms with E-state index in [0.29, 0.717) is 18.2 Å². The van der Waals surface area contributed by atoms with Gasteiger partial charge in [0.25, 0.3) is 0 Å². The topological polar surface area (TPSA) is 72.1 Å². The Balaban J connectivity index is 1.58. The van der Waals surface area contributed by atoms with Crippen LogP contribution >= 0.6 is 15.9 Å². The van der Waals surface area contributed by atoms with Crippen LogP contribution in [0.25, 0.3) is 22.8 Å². The maximum Gasteiger partial charge on any atom is 0.181 e. The van der Waals surface area contributed by atoms with E-state index in [-0.39, 0.29) is 0 Å². The highest BCUT2D eigenvalue weighted by Crippen LogP contribution is 2.29. The van der Waals surface area contributed by atoms with Gasteiger partial charge in [-0.3, -0.25) is 5.10 Å². The number of aromatic amines is 1. The van der Waals surface area contributed by atoms with Crippen molar-refractivity contribution in [2.24, 2.45) is 0 Å². The Labute approximate surface area is 183 Å². The molecular weight excluding hydrogens is 444 g/mol. The molecule has 0 radical (unpaired) electrons. The summed E-state index contributed by atoms with van der Waals surface area (Å²) in [6.07, 6.45) is 0. The number of hydrogen-bond acceptors (Lipinski definition) is 5. The lowest BCUT2D eigenvalue weighted by Gasteiger charge is -2.12. The van der Waals surface area contributed by atoms with Crippen molar-refractivity contribution in [2.75, 3.05) is 19.5 Å². The van der Waals surface area contributed by atoms with Crippen molar-refractivity contribution < 1.29 is 9.47 Å². The van der Waals surface area contributed by atoms with Crippen LogP contribution in [0.15, 0.2) is 71.2 Å². The number of nitrogens with zero attached hydrogens (tertiary/aromatic N) is 2. The van der Waals surface area contributed by atoms with Gasteiger partial charge in [0.05, 0.1) is 14.2 Å². The second kappa shape index (κ2) is 9.00. The Kier molecular flexibility index (Phi) is 5.99. The monoisotopic (exact) mass is 464 g/mol. The number of nitrogens with one attached hydrogen (secondary N) is 2. The summed E-state index contributed by atoms with van der Waals surface area (Å²) < 4.78 is 11.7. The third kappa shape index (κ3) is 4.46. The molecule has 2 N–H and O–H groups in total. The third-order valence-electron chi connectivity index (χ3n) is 4.64. The van der Waals surface area contributed by atoms with Gasteiger partial charge in [0.15, 0.2) is 11.6 Å². The third-order valence-corrected chi connectivity index (χ3v) is 5.14. The summed E-state index contributed by atoms with van der Waals surface area (Å²) >= 11 is 3.49. The number of H-pyrrole nitrogens is 1. The van der Waals surface area contributed by atoms with Gasteiger partial charge in [0, 0.05) is 33.9 Å². The molecule has 0 aliphatic heterocycles. The highest BCUT2D eigenvalue weighted by atomic mass is 79.9. The maximum absolute atomic E-state index is 5.36. The molecule has 4 rings (SSSR count). The van der Waals surface area contributed by atoms with Crippen LogP contribution in [0.4, 0.5) is 5.69 Å². The summed E-state index contributed by atoms with van der Waals surface area (Å²) in [4.78, 5) is 4.69. The molecule has 4 aromatic rings. The molecule has 0 aliphatic rings. The van der Waals surface area contributed by atoms with Gasteiger partial charge in [-0.2, -0.15) is 5.10 Å². The summed E-state index contributed by atoms with van der Waals surface area (Å²) in [6.45, 7) is 0.608. The lowest BCUT2D eigenvalue weighted by molar-refractivity contribution is 0.393. The van der Waals surface area contributed by atoms with Crippen molar-refractivity contribution in [1.82, 2.24) is 15.2 Å². The van der Waals surface area contributed by atoms with Crippen LogP contribution in [0.1, 0.15) is 5.56 Å². The first kappa shape index (κ1) is 20.0. The van der Waals surface area contributed by atoms with Crippen LogP contribution < -0.4 is 14.8 Å². The van der Waals surface area contributed by atoms with E-state index in [2.05, 4.69) is 31.4 Å². The molecule has 152 valence electrons. The number of methoxy groups -OCH3 is 2. The second-order valence-electron chi connectivity index (χ2n) is 6.64. The fourth-order valence-corrected chi connectivity index (χ4v) is 3.55. The molecule has 0 atom stereocenters. The first-order valence-corrected chi connectivity index (χ1v) is 10.2. The fraction of sp³-hybridized carbons (Fsp3) is 0.130. The summed E-state index contributed by atoms with van der Waals surface area (Å²) in [5.41, 5.74) is 3.89. The minimum atomic E-state index is 0.608. The Hall–Kier alpha value is -3.32. The van der Waals surface area contributed by atoms with E-state index in [1.165, 1.54) is 0 Å². The van der Waals surface area contributed by atoms with E-state index in [4.69, 9.17) is 14.5 Å². The van der Waals surface area contributed by atoms with E-state index >= 15 is 0 Å². The standard InChI is InChI=1S/C23H21BrN4O2/c1-29-18-10-15(11-19(13-18)30-2)14-25-21-9-4-3-8-20(21)23-26-22(27-28-23)16-6-5-7-17(24)12-16/h3-13,25H,14H2,1-2H3,(H,26,27,28). The summed E-state index contributed by atoms with van der Waals surface area (Å²) in [5.74, 6) is 2.87. The van der Waals surface area contributed by atoms with Crippen LogP contribution in [0.3, 0.4) is 0 Å². The summed E-state index contributed by atoms with van der Waals surface area (Å²) in [7, 11) is 3.29. The SMILES string of the molecule is COc1cc(CNc2ccccc2-c2nc(-c3cccc(Br)c3)n[nH]2)cc(OC)c1. The molecule has 0 bridgehead atoms. The van der Waals surface area contributed by atoms with Crippen molar-refractivity contribution in [3.8, 4) is 34.3 Å². The molecule has 0 amide bonds. The first-order valence-electron chi connectivity index (χ1n) is 9.40. The highest BCUT2D eigenvalue weighted by Gasteiger charge is 2.12. The fourth-order valence-electron chi connectivity index (χ4n) is 3.15. The number of rotatable bonds is 7. The van der Waals surface area contributed by atoms with E-state index in [1.54, 1.807) is 14.2 Å². The Morgan fingerprint density at radius 1 is 0.933 bits per heavy atom. The van der Waals surface area contributed by atoms with Crippen LogP contribution in [-0.2, 0) is 6.54 Å². The Morgan fingerprint density at radius 2 is 1.70 bits per heavy atom. The largest absolute Gasteiger partial charge is 0.497 e. The number of para-hydroxylation sites is 1. The molecule has 0 aliphatic carbocycles. The quantitative estimate of drug-likeness (QED) is 0.376. The van der Waals surface area contributed by atoms with Gasteiger partial charge in [-0.1, -0.05) is 40.2 Å². The Morgan fingerprint density at radius 3 is 2.43 bits per heavy atom. The van der Waals surface area contributed by atoms with Crippen molar-refractivity contribution in [3.05, 3.63) is 76.8 Å². The van der Waals surface area contributed by atoms with Gasteiger partial charge in [-0.05, 0) is 42.0 Å². The summed E-state index contributed by atoms with van der Waals surface area (Å²) in [6, 6.07) is 21.8. The Bertz CT molecular complexity index is 1140. The molecule has 0 saturated heterocycles. The van der Waals surface area contributed by atoms with E-state index < -0.39 is 0 Å². The van der Waals surface area contributed by atoms with E-state index in [9.17, 15) is 0 Å². The molecule has 1 heterocycles. The number of benzene rings is 3. The van der Waals surface area contributed by atoms with Crippen LogP contribution in [-0.4, -0.2) is 29.4 Å².